The van der Waals surface area contributed by atoms with E-state index in [0.29, 0.717) is 0 Å². The van der Waals surface area contributed by atoms with Gasteiger partial charge < -0.3 is 9.32 Å². The summed E-state index contributed by atoms with van der Waals surface area (Å²) in [6.07, 6.45) is 0. The van der Waals surface area contributed by atoms with E-state index in [1.54, 1.807) is 0 Å². The normalized spacial score (nSPS) is 14.1. The van der Waals surface area contributed by atoms with Gasteiger partial charge in [-0.1, -0.05) is 200 Å². The van der Waals surface area contributed by atoms with Gasteiger partial charge in [-0.15, -0.1) is 0 Å². The molecule has 63 heavy (non-hydrogen) atoms. The fourth-order valence-electron chi connectivity index (χ4n) is 10.2. The molecule has 1 aromatic heterocycles. The minimum atomic E-state index is -0.591. The van der Waals surface area contributed by atoms with E-state index in [-0.39, 0.29) is 0 Å². The Bertz CT molecular complexity index is 3430. The van der Waals surface area contributed by atoms with Crippen molar-refractivity contribution in [2.24, 2.45) is 0 Å². The number of hydrogen-bond acceptors (Lipinski definition) is 2. The largest absolute Gasteiger partial charge is 0.456 e. The van der Waals surface area contributed by atoms with E-state index in [0.717, 1.165) is 50.1 Å². The summed E-state index contributed by atoms with van der Waals surface area (Å²) in [4.78, 5) is 2.41. The first-order chi connectivity index (χ1) is 31.3. The van der Waals surface area contributed by atoms with Gasteiger partial charge in [-0.3, -0.25) is 0 Å². The lowest BCUT2D eigenvalue weighted by Gasteiger charge is -2.35. The summed E-state index contributed by atoms with van der Waals surface area (Å²) in [5, 5.41) is 2.20. The lowest BCUT2D eigenvalue weighted by atomic mass is 9.67. The minimum absolute atomic E-state index is 0.591. The molecule has 1 aliphatic rings. The third kappa shape index (κ3) is 5.95. The zero-order chi connectivity index (χ0) is 41.7. The van der Waals surface area contributed by atoms with Crippen LogP contribution in [0.4, 0.5) is 17.1 Å². The van der Waals surface area contributed by atoms with Crippen molar-refractivity contribution in [2.75, 3.05) is 4.90 Å². The first-order valence-electron chi connectivity index (χ1n) is 21.7. The van der Waals surface area contributed by atoms with Crippen LogP contribution in [-0.2, 0) is 5.41 Å². The van der Waals surface area contributed by atoms with Gasteiger partial charge in [0.1, 0.15) is 11.2 Å². The molecule has 0 aliphatic heterocycles. The van der Waals surface area contributed by atoms with Crippen molar-refractivity contribution >= 4 is 39.0 Å². The van der Waals surface area contributed by atoms with E-state index < -0.39 is 5.41 Å². The highest BCUT2D eigenvalue weighted by atomic mass is 16.3. The van der Waals surface area contributed by atoms with E-state index in [4.69, 9.17) is 4.42 Å². The number of furan rings is 1. The van der Waals surface area contributed by atoms with E-state index in [1.165, 1.54) is 55.6 Å². The third-order valence-electron chi connectivity index (χ3n) is 13.0. The average Bonchev–Trinajstić information content (AvgIpc) is 3.89. The Morgan fingerprint density at radius 2 is 0.841 bits per heavy atom. The monoisotopic (exact) mass is 803 g/mol. The molecule has 0 bridgehead atoms. The first-order valence-corrected chi connectivity index (χ1v) is 21.7. The van der Waals surface area contributed by atoms with Gasteiger partial charge in [0, 0.05) is 27.8 Å². The molecule has 1 heterocycles. The SMILES string of the molecule is c1ccc(-c2ccc(N(c3cccc(C4(c5ccccc5)c5ccccc5-c5c(-c6ccccc6)cccc54)c3)c3ccc4oc5cccc(-c6ccccc6)c5c4c3)cc2)cc1. The Morgan fingerprint density at radius 3 is 1.59 bits per heavy atom. The summed E-state index contributed by atoms with van der Waals surface area (Å²) >= 11 is 0. The lowest BCUT2D eigenvalue weighted by molar-refractivity contribution is 0.669. The summed E-state index contributed by atoms with van der Waals surface area (Å²) < 4.78 is 6.56. The number of rotatable bonds is 8. The molecule has 12 rings (SSSR count). The molecule has 0 fully saturated rings. The molecule has 10 aromatic carbocycles. The molecule has 0 amide bonds. The molecule has 0 radical (unpaired) electrons. The number of fused-ring (bicyclic) bond motifs is 6. The summed E-state index contributed by atoms with van der Waals surface area (Å²) in [6, 6.07) is 90.2. The van der Waals surface area contributed by atoms with Gasteiger partial charge in [0.2, 0.25) is 0 Å². The molecule has 0 spiro atoms. The Labute approximate surface area is 367 Å². The Kier molecular flexibility index (Phi) is 8.76. The van der Waals surface area contributed by atoms with Gasteiger partial charge in [-0.05, 0) is 115 Å². The number of nitrogens with zero attached hydrogens (tertiary/aromatic N) is 1. The second-order valence-electron chi connectivity index (χ2n) is 16.4. The average molecular weight is 804 g/mol. The molecular weight excluding hydrogens is 763 g/mol. The minimum Gasteiger partial charge on any atom is -0.456 e. The van der Waals surface area contributed by atoms with Crippen molar-refractivity contribution in [3.8, 4) is 44.5 Å². The standard InChI is InChI=1S/C61H41NO/c1-5-18-42(19-6-1)43-34-36-48(37-35-43)62(50-38-39-57-54(41-50)60-52(30-17-33-58(60)63-57)45-22-9-3-10-23-45)49-27-15-26-47(40-49)61(46-24-11-4-12-25-46)55-31-14-13-28-53(55)59-51(29-16-32-56(59)61)44-20-7-2-8-21-44/h1-41H. The van der Waals surface area contributed by atoms with Crippen molar-refractivity contribution in [3.63, 3.8) is 0 Å². The molecular formula is C61H41NO. The highest BCUT2D eigenvalue weighted by molar-refractivity contribution is 6.13. The molecule has 2 nitrogen and oxygen atoms in total. The zero-order valence-electron chi connectivity index (χ0n) is 34.5. The second kappa shape index (κ2) is 15.1. The quantitative estimate of drug-likeness (QED) is 0.152. The van der Waals surface area contributed by atoms with Gasteiger partial charge in [0.15, 0.2) is 0 Å². The van der Waals surface area contributed by atoms with Gasteiger partial charge in [-0.25, -0.2) is 0 Å². The van der Waals surface area contributed by atoms with Crippen molar-refractivity contribution in [1.29, 1.82) is 0 Å². The van der Waals surface area contributed by atoms with Crippen LogP contribution in [0.3, 0.4) is 0 Å². The van der Waals surface area contributed by atoms with E-state index in [2.05, 4.69) is 254 Å². The number of benzene rings is 10. The highest BCUT2D eigenvalue weighted by Crippen LogP contribution is 2.59. The molecule has 2 heteroatoms. The zero-order valence-corrected chi connectivity index (χ0v) is 34.5. The smallest absolute Gasteiger partial charge is 0.136 e. The maximum absolute atomic E-state index is 6.56. The molecule has 1 unspecified atom stereocenters. The fraction of sp³-hybridized carbons (Fsp3) is 0.0164. The third-order valence-corrected chi connectivity index (χ3v) is 13.0. The van der Waals surface area contributed by atoms with E-state index >= 15 is 0 Å². The molecule has 1 atom stereocenters. The van der Waals surface area contributed by atoms with Crippen LogP contribution < -0.4 is 4.90 Å². The molecule has 0 saturated carbocycles. The van der Waals surface area contributed by atoms with Crippen LogP contribution in [0.15, 0.2) is 253 Å². The van der Waals surface area contributed by atoms with Gasteiger partial charge in [0.05, 0.1) is 5.41 Å². The van der Waals surface area contributed by atoms with Crippen LogP contribution in [0, 0.1) is 0 Å². The van der Waals surface area contributed by atoms with Crippen molar-refractivity contribution in [2.45, 2.75) is 5.41 Å². The summed E-state index contributed by atoms with van der Waals surface area (Å²) in [7, 11) is 0. The Hall–Kier alpha value is -8.20. The molecule has 0 saturated heterocycles. The predicted octanol–water partition coefficient (Wildman–Crippen LogP) is 16.4. The van der Waals surface area contributed by atoms with Gasteiger partial charge >= 0.3 is 0 Å². The molecule has 1 aliphatic carbocycles. The maximum Gasteiger partial charge on any atom is 0.136 e. The maximum atomic E-state index is 6.56. The van der Waals surface area contributed by atoms with Crippen LogP contribution in [0.25, 0.3) is 66.4 Å². The highest BCUT2D eigenvalue weighted by Gasteiger charge is 2.47. The lowest BCUT2D eigenvalue weighted by Crippen LogP contribution is -2.28. The van der Waals surface area contributed by atoms with Gasteiger partial charge in [0.25, 0.3) is 0 Å². The number of hydrogen-bond donors (Lipinski definition) is 0. The second-order valence-corrected chi connectivity index (χ2v) is 16.4. The van der Waals surface area contributed by atoms with Crippen LogP contribution in [0.2, 0.25) is 0 Å². The molecule has 0 N–H and O–H groups in total. The van der Waals surface area contributed by atoms with Crippen molar-refractivity contribution < 1.29 is 4.42 Å². The molecule has 296 valence electrons. The predicted molar refractivity (Wildman–Crippen MR) is 262 cm³/mol. The van der Waals surface area contributed by atoms with Crippen LogP contribution in [-0.4, -0.2) is 0 Å². The summed E-state index contributed by atoms with van der Waals surface area (Å²) in [6.45, 7) is 0. The topological polar surface area (TPSA) is 16.4 Å². The number of anilines is 3. The van der Waals surface area contributed by atoms with E-state index in [9.17, 15) is 0 Å². The van der Waals surface area contributed by atoms with Crippen molar-refractivity contribution in [1.82, 2.24) is 0 Å². The Balaban J connectivity index is 1.10. The van der Waals surface area contributed by atoms with Gasteiger partial charge in [-0.2, -0.15) is 0 Å². The van der Waals surface area contributed by atoms with Crippen LogP contribution >= 0.6 is 0 Å². The summed E-state index contributed by atoms with van der Waals surface area (Å²) in [5.74, 6) is 0. The summed E-state index contributed by atoms with van der Waals surface area (Å²) in [5.41, 5.74) is 19.0. The molecule has 11 aromatic rings. The first kappa shape index (κ1) is 36.6. The Morgan fingerprint density at radius 1 is 0.317 bits per heavy atom. The van der Waals surface area contributed by atoms with Crippen LogP contribution in [0.1, 0.15) is 22.3 Å². The van der Waals surface area contributed by atoms with E-state index in [1.807, 2.05) is 0 Å². The van der Waals surface area contributed by atoms with Crippen molar-refractivity contribution in [3.05, 3.63) is 271 Å². The van der Waals surface area contributed by atoms with Crippen LogP contribution in [0.5, 0.6) is 0 Å². The fourth-order valence-corrected chi connectivity index (χ4v) is 10.2.